The van der Waals surface area contributed by atoms with Crippen LogP contribution in [-0.2, 0) is 24.2 Å². The van der Waals surface area contributed by atoms with E-state index in [1.165, 1.54) is 12.3 Å². The average Bonchev–Trinajstić information content (AvgIpc) is 3.17. The van der Waals surface area contributed by atoms with Gasteiger partial charge < -0.3 is 11.1 Å². The van der Waals surface area contributed by atoms with Gasteiger partial charge in [0.15, 0.2) is 0 Å². The predicted octanol–water partition coefficient (Wildman–Crippen LogP) is 3.74. The van der Waals surface area contributed by atoms with Crippen molar-refractivity contribution in [3.8, 4) is 0 Å². The number of carbonyl (C=O) groups is 2. The first kappa shape index (κ1) is 21.2. The van der Waals surface area contributed by atoms with Crippen molar-refractivity contribution in [2.24, 2.45) is 5.73 Å². The molecule has 0 bridgehead atoms. The van der Waals surface area contributed by atoms with Crippen LogP contribution in [0.3, 0.4) is 0 Å². The molecule has 6 nitrogen and oxygen atoms in total. The number of halogens is 1. The molecule has 3 rings (SSSR count). The van der Waals surface area contributed by atoms with Crippen LogP contribution in [-0.4, -0.2) is 21.9 Å². The Labute approximate surface area is 174 Å². The molecule has 0 aliphatic heterocycles. The number of benzene rings is 2. The fourth-order valence-corrected chi connectivity index (χ4v) is 3.32. The summed E-state index contributed by atoms with van der Waals surface area (Å²) in [5.41, 5.74) is 9.35. The van der Waals surface area contributed by atoms with Crippen LogP contribution in [0.2, 0.25) is 0 Å². The highest BCUT2D eigenvalue weighted by Gasteiger charge is 2.12. The van der Waals surface area contributed by atoms with Crippen molar-refractivity contribution in [1.82, 2.24) is 10.2 Å². The number of rotatable bonds is 9. The molecule has 30 heavy (non-hydrogen) atoms. The number of nitrogens with zero attached hydrogens (tertiary/aromatic N) is 1. The molecule has 7 heteroatoms. The van der Waals surface area contributed by atoms with E-state index < -0.39 is 5.91 Å². The number of hydrogen-bond donors (Lipinski definition) is 3. The number of hydrogen-bond acceptors (Lipinski definition) is 4. The molecule has 1 amide bonds. The standard InChI is InChI=1S/C23H25FN4O2/c1-14(2)19-11-16(6-7-20(19)24)10-18(29)9-15-4-3-5-17(8-15)12-26-21-13-27-28-22(21)23(25)30/h3-8,11,13-14,26H,9-10,12H2,1-2H3,(H2,25,30)(H,27,28). The molecule has 1 heterocycles. The van der Waals surface area contributed by atoms with Gasteiger partial charge in [0.25, 0.3) is 5.91 Å². The van der Waals surface area contributed by atoms with E-state index in [1.807, 2.05) is 38.1 Å². The van der Waals surface area contributed by atoms with Crippen molar-refractivity contribution < 1.29 is 14.0 Å². The maximum Gasteiger partial charge on any atom is 0.268 e. The molecule has 0 fully saturated rings. The Morgan fingerprint density at radius 1 is 1.10 bits per heavy atom. The van der Waals surface area contributed by atoms with Crippen LogP contribution in [0.25, 0.3) is 0 Å². The highest BCUT2D eigenvalue weighted by atomic mass is 19.1. The Bertz CT molecular complexity index is 1060. The Kier molecular flexibility index (Phi) is 6.61. The lowest BCUT2D eigenvalue weighted by molar-refractivity contribution is -0.117. The van der Waals surface area contributed by atoms with Crippen LogP contribution in [0.5, 0.6) is 0 Å². The summed E-state index contributed by atoms with van der Waals surface area (Å²) in [6.07, 6.45) is 2.06. The number of nitrogens with two attached hydrogens (primary N) is 1. The third-order valence-electron chi connectivity index (χ3n) is 4.85. The SMILES string of the molecule is CC(C)c1cc(CC(=O)Cc2cccc(CNc3cn[nH]c3C(N)=O)c2)ccc1F. The van der Waals surface area contributed by atoms with Gasteiger partial charge in [-0.25, -0.2) is 4.39 Å². The zero-order valence-corrected chi connectivity index (χ0v) is 17.0. The maximum atomic E-state index is 13.9. The Hall–Kier alpha value is -3.48. The van der Waals surface area contributed by atoms with Crippen molar-refractivity contribution in [3.63, 3.8) is 0 Å². The quantitative estimate of drug-likeness (QED) is 0.502. The van der Waals surface area contributed by atoms with Crippen molar-refractivity contribution >= 4 is 17.4 Å². The number of carbonyl (C=O) groups excluding carboxylic acids is 2. The van der Waals surface area contributed by atoms with E-state index in [2.05, 4.69) is 15.5 Å². The first-order valence-electron chi connectivity index (χ1n) is 9.78. The van der Waals surface area contributed by atoms with Gasteiger partial charge in [0.05, 0.1) is 11.9 Å². The van der Waals surface area contributed by atoms with Gasteiger partial charge in [-0.3, -0.25) is 14.7 Å². The highest BCUT2D eigenvalue weighted by Crippen LogP contribution is 2.20. The summed E-state index contributed by atoms with van der Waals surface area (Å²) in [6, 6.07) is 12.5. The molecule has 0 aliphatic rings. The normalized spacial score (nSPS) is 10.9. The fourth-order valence-electron chi connectivity index (χ4n) is 3.32. The second-order valence-electron chi connectivity index (χ2n) is 7.60. The summed E-state index contributed by atoms with van der Waals surface area (Å²) in [5, 5.41) is 9.50. The number of aromatic nitrogens is 2. The molecule has 2 aromatic carbocycles. The summed E-state index contributed by atoms with van der Waals surface area (Å²) < 4.78 is 13.9. The van der Waals surface area contributed by atoms with Gasteiger partial charge in [0.2, 0.25) is 0 Å². The molecule has 0 atom stereocenters. The molecular weight excluding hydrogens is 383 g/mol. The molecule has 0 unspecified atom stereocenters. The van der Waals surface area contributed by atoms with Crippen molar-refractivity contribution in [1.29, 1.82) is 0 Å². The first-order chi connectivity index (χ1) is 14.3. The summed E-state index contributed by atoms with van der Waals surface area (Å²) >= 11 is 0. The Balaban J connectivity index is 1.62. The molecule has 0 saturated heterocycles. The molecular formula is C23H25FN4O2. The van der Waals surface area contributed by atoms with Crippen molar-refractivity contribution in [3.05, 3.63) is 82.4 Å². The van der Waals surface area contributed by atoms with Crippen LogP contribution in [0.4, 0.5) is 10.1 Å². The summed E-state index contributed by atoms with van der Waals surface area (Å²) in [4.78, 5) is 23.9. The molecule has 1 aromatic heterocycles. The lowest BCUT2D eigenvalue weighted by Crippen LogP contribution is -2.14. The number of ketones is 1. The molecule has 3 aromatic rings. The van der Waals surface area contributed by atoms with Crippen molar-refractivity contribution in [2.75, 3.05) is 5.32 Å². The highest BCUT2D eigenvalue weighted by molar-refractivity contribution is 5.96. The minimum Gasteiger partial charge on any atom is -0.378 e. The topological polar surface area (TPSA) is 101 Å². The summed E-state index contributed by atoms with van der Waals surface area (Å²) in [6.45, 7) is 4.32. The van der Waals surface area contributed by atoms with Crippen molar-refractivity contribution in [2.45, 2.75) is 39.2 Å². The molecule has 156 valence electrons. The maximum absolute atomic E-state index is 13.9. The number of primary amides is 1. The minimum atomic E-state index is -0.587. The third-order valence-corrected chi connectivity index (χ3v) is 4.85. The number of H-pyrrole nitrogens is 1. The van der Waals surface area contributed by atoms with E-state index in [0.29, 0.717) is 24.2 Å². The second-order valence-corrected chi connectivity index (χ2v) is 7.60. The number of amides is 1. The van der Waals surface area contributed by atoms with E-state index >= 15 is 0 Å². The Morgan fingerprint density at radius 2 is 1.80 bits per heavy atom. The number of Topliss-reactive ketones (excluding diaryl/α,β-unsaturated/α-hetero) is 1. The minimum absolute atomic E-state index is 0.0623. The summed E-state index contributed by atoms with van der Waals surface area (Å²) in [7, 11) is 0. The summed E-state index contributed by atoms with van der Waals surface area (Å²) in [5.74, 6) is -0.698. The van der Waals surface area contributed by atoms with E-state index in [4.69, 9.17) is 5.73 Å². The first-order valence-corrected chi connectivity index (χ1v) is 9.78. The smallest absolute Gasteiger partial charge is 0.268 e. The zero-order valence-electron chi connectivity index (χ0n) is 17.0. The van der Waals surface area contributed by atoms with E-state index in [0.717, 1.165) is 16.7 Å². The number of anilines is 1. The number of nitrogens with one attached hydrogen (secondary N) is 2. The molecule has 4 N–H and O–H groups in total. The van der Waals surface area contributed by atoms with Gasteiger partial charge in [0, 0.05) is 19.4 Å². The largest absolute Gasteiger partial charge is 0.378 e. The van der Waals surface area contributed by atoms with Gasteiger partial charge >= 0.3 is 0 Å². The molecule has 0 radical (unpaired) electrons. The van der Waals surface area contributed by atoms with Gasteiger partial charge in [-0.05, 0) is 34.2 Å². The van der Waals surface area contributed by atoms with Crippen LogP contribution >= 0.6 is 0 Å². The van der Waals surface area contributed by atoms with Gasteiger partial charge in [-0.15, -0.1) is 0 Å². The molecule has 0 saturated carbocycles. The zero-order chi connectivity index (χ0) is 21.7. The van der Waals surface area contributed by atoms with Gasteiger partial charge in [-0.1, -0.05) is 50.2 Å². The second kappa shape index (κ2) is 9.35. The van der Waals surface area contributed by atoms with Crippen LogP contribution in [0.1, 0.15) is 52.5 Å². The number of aromatic amines is 1. The monoisotopic (exact) mass is 408 g/mol. The lowest BCUT2D eigenvalue weighted by atomic mass is 9.96. The van der Waals surface area contributed by atoms with Crippen LogP contribution in [0.15, 0.2) is 48.7 Å². The molecule has 0 aliphatic carbocycles. The van der Waals surface area contributed by atoms with Crippen LogP contribution in [0, 0.1) is 5.82 Å². The van der Waals surface area contributed by atoms with Gasteiger partial charge in [0.1, 0.15) is 17.3 Å². The fraction of sp³-hybridized carbons (Fsp3) is 0.261. The van der Waals surface area contributed by atoms with E-state index in [1.54, 1.807) is 12.1 Å². The van der Waals surface area contributed by atoms with Crippen LogP contribution < -0.4 is 11.1 Å². The average molecular weight is 408 g/mol. The Morgan fingerprint density at radius 3 is 2.50 bits per heavy atom. The van der Waals surface area contributed by atoms with E-state index in [-0.39, 0.29) is 29.6 Å². The molecule has 0 spiro atoms. The van der Waals surface area contributed by atoms with E-state index in [9.17, 15) is 14.0 Å². The third kappa shape index (κ3) is 5.31. The predicted molar refractivity (Wildman–Crippen MR) is 114 cm³/mol. The van der Waals surface area contributed by atoms with Gasteiger partial charge in [-0.2, -0.15) is 5.10 Å². The lowest BCUT2D eigenvalue weighted by Gasteiger charge is -2.10.